The van der Waals surface area contributed by atoms with Gasteiger partial charge in [-0.1, -0.05) is 30.4 Å². The first kappa shape index (κ1) is 9.52. The van der Waals surface area contributed by atoms with Crippen molar-refractivity contribution in [3.05, 3.63) is 47.7 Å². The molecule has 0 atom stereocenters. The molecule has 0 fully saturated rings. The zero-order valence-corrected chi connectivity index (χ0v) is 8.23. The lowest BCUT2D eigenvalue weighted by atomic mass is 10.1. The first-order chi connectivity index (χ1) is 7.25. The quantitative estimate of drug-likeness (QED) is 0.765. The Morgan fingerprint density at radius 2 is 2.07 bits per heavy atom. The molecule has 15 heavy (non-hydrogen) atoms. The van der Waals surface area contributed by atoms with Crippen LogP contribution >= 0.6 is 0 Å². The number of benzene rings is 1. The van der Waals surface area contributed by atoms with E-state index < -0.39 is 0 Å². The summed E-state index contributed by atoms with van der Waals surface area (Å²) in [6.45, 7) is 0. The van der Waals surface area contributed by atoms with E-state index in [-0.39, 0.29) is 12.3 Å². The van der Waals surface area contributed by atoms with Crippen molar-refractivity contribution < 1.29 is 4.79 Å². The second-order valence-corrected chi connectivity index (χ2v) is 3.43. The molecular formula is C12H12N2O. The minimum absolute atomic E-state index is 0.261. The molecule has 3 N–H and O–H groups in total. The zero-order valence-electron chi connectivity index (χ0n) is 8.23. The number of rotatable bonds is 2. The predicted molar refractivity (Wildman–Crippen MR) is 61.0 cm³/mol. The zero-order chi connectivity index (χ0) is 10.7. The third-order valence-corrected chi connectivity index (χ3v) is 2.23. The van der Waals surface area contributed by atoms with Crippen LogP contribution in [0.4, 0.5) is 5.69 Å². The molecule has 0 aromatic heterocycles. The number of primary amides is 1. The molecule has 3 heteroatoms. The Kier molecular flexibility index (Phi) is 2.54. The molecule has 76 valence electrons. The van der Waals surface area contributed by atoms with Crippen molar-refractivity contribution in [2.24, 2.45) is 5.73 Å². The number of allylic oxidation sites excluding steroid dienone is 1. The summed E-state index contributed by atoms with van der Waals surface area (Å²) < 4.78 is 0. The average molecular weight is 200 g/mol. The standard InChI is InChI=1S/C12H12N2O/c13-12(15)7-9-5-6-10-3-1-2-4-11(10)14-8-9/h1-6,8,14H,7H2,(H2,13,15). The van der Waals surface area contributed by atoms with Gasteiger partial charge < -0.3 is 11.1 Å². The Morgan fingerprint density at radius 1 is 1.27 bits per heavy atom. The van der Waals surface area contributed by atoms with Gasteiger partial charge in [0, 0.05) is 11.9 Å². The third-order valence-electron chi connectivity index (χ3n) is 2.23. The van der Waals surface area contributed by atoms with E-state index >= 15 is 0 Å². The molecule has 0 radical (unpaired) electrons. The van der Waals surface area contributed by atoms with Crippen LogP contribution in [0.2, 0.25) is 0 Å². The van der Waals surface area contributed by atoms with Crippen LogP contribution in [0, 0.1) is 0 Å². The number of hydrogen-bond acceptors (Lipinski definition) is 2. The Balaban J connectivity index is 2.25. The maximum absolute atomic E-state index is 10.8. The molecule has 1 aromatic rings. The van der Waals surface area contributed by atoms with Crippen LogP contribution in [0.5, 0.6) is 0 Å². The second kappa shape index (κ2) is 4.00. The van der Waals surface area contributed by atoms with Gasteiger partial charge in [0.1, 0.15) is 0 Å². The van der Waals surface area contributed by atoms with Crippen LogP contribution in [0.15, 0.2) is 42.1 Å². The van der Waals surface area contributed by atoms with Crippen LogP contribution < -0.4 is 11.1 Å². The Bertz CT molecular complexity index is 447. The monoisotopic (exact) mass is 200 g/mol. The smallest absolute Gasteiger partial charge is 0.221 e. The van der Waals surface area contributed by atoms with Crippen molar-refractivity contribution in [1.29, 1.82) is 0 Å². The van der Waals surface area contributed by atoms with Crippen LogP contribution in [-0.4, -0.2) is 5.91 Å². The minimum Gasteiger partial charge on any atom is -0.369 e. The van der Waals surface area contributed by atoms with Crippen molar-refractivity contribution in [2.45, 2.75) is 6.42 Å². The lowest BCUT2D eigenvalue weighted by molar-refractivity contribution is -0.117. The number of carbonyl (C=O) groups is 1. The Hall–Kier alpha value is -2.03. The summed E-state index contributed by atoms with van der Waals surface area (Å²) in [5.74, 6) is -0.321. The molecule has 2 rings (SSSR count). The van der Waals surface area contributed by atoms with E-state index in [1.54, 1.807) is 0 Å². The largest absolute Gasteiger partial charge is 0.369 e. The molecular weight excluding hydrogens is 188 g/mol. The molecule has 0 aliphatic carbocycles. The number of hydrogen-bond donors (Lipinski definition) is 2. The van der Waals surface area contributed by atoms with Crippen molar-refractivity contribution in [3.63, 3.8) is 0 Å². The summed E-state index contributed by atoms with van der Waals surface area (Å²) in [5, 5.41) is 3.15. The van der Waals surface area contributed by atoms with Gasteiger partial charge >= 0.3 is 0 Å². The van der Waals surface area contributed by atoms with E-state index in [9.17, 15) is 4.79 Å². The van der Waals surface area contributed by atoms with E-state index in [1.165, 1.54) is 0 Å². The summed E-state index contributed by atoms with van der Waals surface area (Å²) in [6.07, 6.45) is 5.96. The fraction of sp³-hybridized carbons (Fsp3) is 0.0833. The first-order valence-electron chi connectivity index (χ1n) is 4.77. The number of nitrogens with one attached hydrogen (secondary N) is 1. The summed E-state index contributed by atoms with van der Waals surface area (Å²) >= 11 is 0. The SMILES string of the molecule is NC(=O)CC1=CNc2ccccc2C=C1. The number of amides is 1. The molecule has 1 aliphatic heterocycles. The maximum atomic E-state index is 10.8. The van der Waals surface area contributed by atoms with E-state index in [1.807, 2.05) is 42.6 Å². The van der Waals surface area contributed by atoms with Gasteiger partial charge in [-0.25, -0.2) is 0 Å². The molecule has 0 saturated carbocycles. The average Bonchev–Trinajstić information content (AvgIpc) is 2.41. The van der Waals surface area contributed by atoms with Gasteiger partial charge in [0.15, 0.2) is 0 Å². The molecule has 0 unspecified atom stereocenters. The van der Waals surface area contributed by atoms with Crippen molar-refractivity contribution in [3.8, 4) is 0 Å². The minimum atomic E-state index is -0.321. The predicted octanol–water partition coefficient (Wildman–Crippen LogP) is 1.88. The molecule has 1 aromatic carbocycles. The fourth-order valence-corrected chi connectivity index (χ4v) is 1.50. The summed E-state index contributed by atoms with van der Waals surface area (Å²) in [6, 6.07) is 7.94. The molecule has 1 amide bonds. The lowest BCUT2D eigenvalue weighted by Crippen LogP contribution is -2.10. The Labute approximate surface area is 88.3 Å². The van der Waals surface area contributed by atoms with Crippen LogP contribution in [0.25, 0.3) is 6.08 Å². The van der Waals surface area contributed by atoms with Crippen molar-refractivity contribution >= 4 is 17.7 Å². The number of carbonyl (C=O) groups excluding carboxylic acids is 1. The summed E-state index contributed by atoms with van der Waals surface area (Å²) in [4.78, 5) is 10.8. The molecule has 0 saturated heterocycles. The van der Waals surface area contributed by atoms with E-state index in [0.717, 1.165) is 16.8 Å². The highest BCUT2D eigenvalue weighted by molar-refractivity contribution is 5.79. The number of anilines is 1. The second-order valence-electron chi connectivity index (χ2n) is 3.43. The fourth-order valence-electron chi connectivity index (χ4n) is 1.50. The van der Waals surface area contributed by atoms with Crippen LogP contribution in [-0.2, 0) is 4.79 Å². The third kappa shape index (κ3) is 2.26. The molecule has 1 aliphatic rings. The highest BCUT2D eigenvalue weighted by Gasteiger charge is 2.04. The number of nitrogens with two attached hydrogens (primary N) is 1. The topological polar surface area (TPSA) is 55.1 Å². The van der Waals surface area contributed by atoms with Gasteiger partial charge in [0.25, 0.3) is 0 Å². The van der Waals surface area contributed by atoms with Gasteiger partial charge in [-0.2, -0.15) is 0 Å². The van der Waals surface area contributed by atoms with E-state index in [0.29, 0.717) is 0 Å². The highest BCUT2D eigenvalue weighted by Crippen LogP contribution is 2.21. The highest BCUT2D eigenvalue weighted by atomic mass is 16.1. The molecule has 3 nitrogen and oxygen atoms in total. The van der Waals surface area contributed by atoms with E-state index in [4.69, 9.17) is 5.73 Å². The molecule has 1 heterocycles. The van der Waals surface area contributed by atoms with Gasteiger partial charge in [0.2, 0.25) is 5.91 Å². The number of para-hydroxylation sites is 1. The first-order valence-corrected chi connectivity index (χ1v) is 4.77. The van der Waals surface area contributed by atoms with Gasteiger partial charge in [0.05, 0.1) is 6.42 Å². The van der Waals surface area contributed by atoms with Crippen molar-refractivity contribution in [1.82, 2.24) is 0 Å². The van der Waals surface area contributed by atoms with Gasteiger partial charge in [-0.05, 0) is 17.2 Å². The van der Waals surface area contributed by atoms with Crippen LogP contribution in [0.3, 0.4) is 0 Å². The number of fused-ring (bicyclic) bond motifs is 1. The maximum Gasteiger partial charge on any atom is 0.221 e. The van der Waals surface area contributed by atoms with Gasteiger partial charge in [-0.15, -0.1) is 0 Å². The molecule has 0 spiro atoms. The van der Waals surface area contributed by atoms with Crippen molar-refractivity contribution in [2.75, 3.05) is 5.32 Å². The Morgan fingerprint density at radius 3 is 2.87 bits per heavy atom. The van der Waals surface area contributed by atoms with Gasteiger partial charge in [-0.3, -0.25) is 4.79 Å². The summed E-state index contributed by atoms with van der Waals surface area (Å²) in [7, 11) is 0. The normalized spacial score (nSPS) is 13.5. The molecule has 0 bridgehead atoms. The summed E-state index contributed by atoms with van der Waals surface area (Å²) in [5.41, 5.74) is 8.17. The lowest BCUT2D eigenvalue weighted by Gasteiger charge is -2.02. The van der Waals surface area contributed by atoms with E-state index in [2.05, 4.69) is 5.32 Å². The van der Waals surface area contributed by atoms with Crippen LogP contribution in [0.1, 0.15) is 12.0 Å².